The molecule has 0 radical (unpaired) electrons. The van der Waals surface area contributed by atoms with Crippen LogP contribution in [0.3, 0.4) is 0 Å². The third-order valence-corrected chi connectivity index (χ3v) is 3.27. The minimum Gasteiger partial charge on any atom is -0.328 e. The molecule has 0 spiro atoms. The fraction of sp³-hybridized carbons (Fsp3) is 0.667. The summed E-state index contributed by atoms with van der Waals surface area (Å²) in [5.41, 5.74) is 7.03. The maximum absolute atomic E-state index is 5.93. The van der Waals surface area contributed by atoms with Gasteiger partial charge in [0.1, 0.15) is 5.82 Å². The molecule has 1 aromatic heterocycles. The lowest BCUT2D eigenvalue weighted by molar-refractivity contribution is 0.304. The van der Waals surface area contributed by atoms with E-state index in [9.17, 15) is 0 Å². The van der Waals surface area contributed by atoms with Gasteiger partial charge < -0.3 is 5.73 Å². The Labute approximate surface area is 96.9 Å². The van der Waals surface area contributed by atoms with E-state index in [0.717, 1.165) is 31.2 Å². The number of nitrogens with two attached hydrogens (primary N) is 1. The van der Waals surface area contributed by atoms with Gasteiger partial charge in [0, 0.05) is 25.3 Å². The van der Waals surface area contributed by atoms with E-state index >= 15 is 0 Å². The van der Waals surface area contributed by atoms with E-state index in [4.69, 9.17) is 5.73 Å². The predicted octanol–water partition coefficient (Wildman–Crippen LogP) is 0.954. The van der Waals surface area contributed by atoms with Crippen LogP contribution in [0.2, 0.25) is 0 Å². The van der Waals surface area contributed by atoms with E-state index in [0.29, 0.717) is 12.0 Å². The fourth-order valence-electron chi connectivity index (χ4n) is 2.26. The molecule has 0 aliphatic carbocycles. The molecule has 4 heteroatoms. The van der Waals surface area contributed by atoms with Crippen LogP contribution >= 0.6 is 0 Å². The lowest BCUT2D eigenvalue weighted by Crippen LogP contribution is -2.29. The van der Waals surface area contributed by atoms with Gasteiger partial charge in [0.15, 0.2) is 0 Å². The minimum absolute atomic E-state index is 0.303. The van der Waals surface area contributed by atoms with Gasteiger partial charge in [-0.3, -0.25) is 4.90 Å². The van der Waals surface area contributed by atoms with Crippen LogP contribution in [-0.2, 0) is 6.54 Å². The van der Waals surface area contributed by atoms with Crippen LogP contribution < -0.4 is 5.73 Å². The van der Waals surface area contributed by atoms with Crippen molar-refractivity contribution in [2.24, 2.45) is 11.7 Å². The third kappa shape index (κ3) is 2.77. The average Bonchev–Trinajstić information content (AvgIpc) is 2.66. The van der Waals surface area contributed by atoms with E-state index in [1.807, 2.05) is 19.2 Å². The quantitative estimate of drug-likeness (QED) is 0.824. The Bertz CT molecular complexity index is 351. The zero-order valence-corrected chi connectivity index (χ0v) is 10.1. The summed E-state index contributed by atoms with van der Waals surface area (Å²) in [7, 11) is 0. The monoisotopic (exact) mass is 220 g/mol. The van der Waals surface area contributed by atoms with Gasteiger partial charge in [-0.15, -0.1) is 0 Å². The first kappa shape index (κ1) is 11.5. The molecule has 16 heavy (non-hydrogen) atoms. The third-order valence-electron chi connectivity index (χ3n) is 3.27. The molecule has 1 aromatic rings. The molecule has 1 fully saturated rings. The Balaban J connectivity index is 1.92. The van der Waals surface area contributed by atoms with Crippen molar-refractivity contribution in [2.75, 3.05) is 13.1 Å². The summed E-state index contributed by atoms with van der Waals surface area (Å²) in [5.74, 6) is 1.49. The molecule has 0 aromatic carbocycles. The molecule has 2 unspecified atom stereocenters. The Kier molecular flexibility index (Phi) is 3.51. The van der Waals surface area contributed by atoms with Crippen molar-refractivity contribution >= 4 is 0 Å². The number of hydrogen-bond donors (Lipinski definition) is 1. The van der Waals surface area contributed by atoms with Crippen LogP contribution in [0.5, 0.6) is 0 Å². The van der Waals surface area contributed by atoms with Crippen LogP contribution in [0.1, 0.15) is 24.9 Å². The zero-order valence-electron chi connectivity index (χ0n) is 10.1. The number of hydrogen-bond acceptors (Lipinski definition) is 4. The number of likely N-dealkylation sites (tertiary alicyclic amines) is 1. The summed E-state index contributed by atoms with van der Waals surface area (Å²) >= 11 is 0. The molecule has 0 saturated carbocycles. The standard InChI is InChI=1S/C12H20N4/c1-9(13)11-4-6-16(7-11)8-12-3-5-14-10(2)15-12/h3,5,9,11H,4,6-8,13H2,1-2H3. The molecular weight excluding hydrogens is 200 g/mol. The van der Waals surface area contributed by atoms with Crippen LogP contribution in [0.25, 0.3) is 0 Å². The summed E-state index contributed by atoms with van der Waals surface area (Å²) in [5, 5.41) is 0. The first-order valence-corrected chi connectivity index (χ1v) is 5.91. The van der Waals surface area contributed by atoms with Crippen molar-refractivity contribution in [3.05, 3.63) is 23.8 Å². The van der Waals surface area contributed by atoms with Gasteiger partial charge in [0.2, 0.25) is 0 Å². The van der Waals surface area contributed by atoms with Crippen molar-refractivity contribution in [3.63, 3.8) is 0 Å². The van der Waals surface area contributed by atoms with Gasteiger partial charge in [-0.25, -0.2) is 9.97 Å². The van der Waals surface area contributed by atoms with Crippen LogP contribution in [0, 0.1) is 12.8 Å². The highest BCUT2D eigenvalue weighted by Crippen LogP contribution is 2.19. The number of aryl methyl sites for hydroxylation is 1. The molecule has 2 N–H and O–H groups in total. The molecule has 1 saturated heterocycles. The summed E-state index contributed by atoms with van der Waals surface area (Å²) in [6.07, 6.45) is 3.04. The largest absolute Gasteiger partial charge is 0.328 e. The number of aromatic nitrogens is 2. The highest BCUT2D eigenvalue weighted by atomic mass is 15.2. The van der Waals surface area contributed by atoms with Crippen molar-refractivity contribution < 1.29 is 0 Å². The molecule has 0 bridgehead atoms. The molecule has 88 valence electrons. The van der Waals surface area contributed by atoms with Crippen molar-refractivity contribution in [3.8, 4) is 0 Å². The van der Waals surface area contributed by atoms with E-state index in [-0.39, 0.29) is 0 Å². The molecule has 2 atom stereocenters. The fourth-order valence-corrected chi connectivity index (χ4v) is 2.26. The van der Waals surface area contributed by atoms with Gasteiger partial charge >= 0.3 is 0 Å². The normalized spacial score (nSPS) is 23.6. The second kappa shape index (κ2) is 4.89. The van der Waals surface area contributed by atoms with Gasteiger partial charge in [0.25, 0.3) is 0 Å². The first-order chi connectivity index (χ1) is 7.65. The predicted molar refractivity (Wildman–Crippen MR) is 63.8 cm³/mol. The highest BCUT2D eigenvalue weighted by Gasteiger charge is 2.25. The van der Waals surface area contributed by atoms with Gasteiger partial charge in [-0.1, -0.05) is 0 Å². The molecule has 1 aliphatic rings. The molecule has 0 amide bonds. The molecule has 4 nitrogen and oxygen atoms in total. The minimum atomic E-state index is 0.303. The maximum Gasteiger partial charge on any atom is 0.125 e. The maximum atomic E-state index is 5.93. The molecule has 2 heterocycles. The van der Waals surface area contributed by atoms with E-state index < -0.39 is 0 Å². The molecular formula is C12H20N4. The molecule has 2 rings (SSSR count). The van der Waals surface area contributed by atoms with E-state index in [1.54, 1.807) is 0 Å². The van der Waals surface area contributed by atoms with Crippen molar-refractivity contribution in [2.45, 2.75) is 32.9 Å². The summed E-state index contributed by atoms with van der Waals surface area (Å²) in [6.45, 7) is 7.18. The lowest BCUT2D eigenvalue weighted by Gasteiger charge is -2.17. The number of rotatable bonds is 3. The Morgan fingerprint density at radius 2 is 2.44 bits per heavy atom. The topological polar surface area (TPSA) is 55.0 Å². The molecule has 1 aliphatic heterocycles. The summed E-state index contributed by atoms with van der Waals surface area (Å²) < 4.78 is 0. The highest BCUT2D eigenvalue weighted by molar-refractivity contribution is 5.02. The first-order valence-electron chi connectivity index (χ1n) is 5.91. The van der Waals surface area contributed by atoms with Gasteiger partial charge in [-0.05, 0) is 38.8 Å². The second-order valence-electron chi connectivity index (χ2n) is 4.74. The van der Waals surface area contributed by atoms with E-state index in [1.165, 1.54) is 6.42 Å². The number of nitrogens with zero attached hydrogens (tertiary/aromatic N) is 3. The van der Waals surface area contributed by atoms with Gasteiger partial charge in [-0.2, -0.15) is 0 Å². The SMILES string of the molecule is Cc1nccc(CN2CCC(C(C)N)C2)n1. The van der Waals surface area contributed by atoms with Crippen LogP contribution in [-0.4, -0.2) is 34.0 Å². The Hall–Kier alpha value is -1.00. The van der Waals surface area contributed by atoms with Crippen LogP contribution in [0.15, 0.2) is 12.3 Å². The Morgan fingerprint density at radius 1 is 1.62 bits per heavy atom. The lowest BCUT2D eigenvalue weighted by atomic mass is 10.0. The Morgan fingerprint density at radius 3 is 3.06 bits per heavy atom. The smallest absolute Gasteiger partial charge is 0.125 e. The van der Waals surface area contributed by atoms with Gasteiger partial charge in [0.05, 0.1) is 5.69 Å². The van der Waals surface area contributed by atoms with Crippen molar-refractivity contribution in [1.82, 2.24) is 14.9 Å². The van der Waals surface area contributed by atoms with E-state index in [2.05, 4.69) is 21.8 Å². The summed E-state index contributed by atoms with van der Waals surface area (Å²) in [4.78, 5) is 11.0. The average molecular weight is 220 g/mol. The van der Waals surface area contributed by atoms with Crippen LogP contribution in [0.4, 0.5) is 0 Å². The zero-order chi connectivity index (χ0) is 11.5. The second-order valence-corrected chi connectivity index (χ2v) is 4.74. The van der Waals surface area contributed by atoms with Crippen molar-refractivity contribution in [1.29, 1.82) is 0 Å². The summed E-state index contributed by atoms with van der Waals surface area (Å²) in [6, 6.07) is 2.30.